The van der Waals surface area contributed by atoms with Gasteiger partial charge in [-0.1, -0.05) is 19.9 Å². The van der Waals surface area contributed by atoms with Crippen molar-refractivity contribution in [2.45, 2.75) is 45.1 Å². The van der Waals surface area contributed by atoms with Crippen LogP contribution < -0.4 is 9.64 Å². The number of carbonyl (C=O) groups excluding carboxylic acids is 1. The van der Waals surface area contributed by atoms with Crippen molar-refractivity contribution in [1.29, 1.82) is 5.26 Å². The fourth-order valence-corrected chi connectivity index (χ4v) is 6.45. The highest BCUT2D eigenvalue weighted by molar-refractivity contribution is 6.20. The van der Waals surface area contributed by atoms with Crippen molar-refractivity contribution in [2.24, 2.45) is 0 Å². The van der Waals surface area contributed by atoms with Gasteiger partial charge in [-0.15, -0.1) is 0 Å². The Morgan fingerprint density at radius 3 is 2.59 bits per heavy atom. The van der Waals surface area contributed by atoms with Crippen LogP contribution in [0.4, 0.5) is 5.69 Å². The van der Waals surface area contributed by atoms with Gasteiger partial charge >= 0.3 is 0 Å². The van der Waals surface area contributed by atoms with Crippen LogP contribution in [0.25, 0.3) is 10.9 Å². The molecule has 7 nitrogen and oxygen atoms in total. The zero-order valence-electron chi connectivity index (χ0n) is 21.9. The molecule has 1 aliphatic carbocycles. The number of benzene rings is 2. The number of nitriles is 1. The van der Waals surface area contributed by atoms with Crippen LogP contribution >= 0.6 is 0 Å². The van der Waals surface area contributed by atoms with Crippen molar-refractivity contribution in [3.8, 4) is 11.8 Å². The lowest BCUT2D eigenvalue weighted by Gasteiger charge is -2.41. The number of hydrogen-bond acceptors (Lipinski definition) is 6. The van der Waals surface area contributed by atoms with E-state index >= 15 is 0 Å². The second kappa shape index (κ2) is 9.20. The molecule has 1 N–H and O–H groups in total. The number of piperidine rings is 1. The number of aromatic nitrogens is 1. The summed E-state index contributed by atoms with van der Waals surface area (Å²) in [4.78, 5) is 22.4. The summed E-state index contributed by atoms with van der Waals surface area (Å²) >= 11 is 0. The van der Waals surface area contributed by atoms with Crippen LogP contribution in [0.3, 0.4) is 0 Å². The van der Waals surface area contributed by atoms with E-state index in [2.05, 4.69) is 40.8 Å². The first-order valence-corrected chi connectivity index (χ1v) is 13.4. The molecule has 192 valence electrons. The Kier molecular flexibility index (Phi) is 5.97. The van der Waals surface area contributed by atoms with Crippen LogP contribution in [0.5, 0.6) is 5.75 Å². The third kappa shape index (κ3) is 3.91. The zero-order chi connectivity index (χ0) is 25.7. The van der Waals surface area contributed by atoms with Gasteiger partial charge < -0.3 is 19.4 Å². The number of nitrogens with zero attached hydrogens (tertiary/aromatic N) is 3. The number of H-pyrrole nitrogens is 1. The van der Waals surface area contributed by atoms with E-state index in [1.165, 1.54) is 0 Å². The van der Waals surface area contributed by atoms with Gasteiger partial charge in [-0.05, 0) is 49.6 Å². The maximum Gasteiger partial charge on any atom is 0.195 e. The van der Waals surface area contributed by atoms with Crippen LogP contribution in [-0.2, 0) is 10.2 Å². The minimum absolute atomic E-state index is 0.0128. The molecule has 0 bridgehead atoms. The lowest BCUT2D eigenvalue weighted by Crippen LogP contribution is -2.49. The van der Waals surface area contributed by atoms with Crippen LogP contribution in [0.1, 0.15) is 66.4 Å². The first kappa shape index (κ1) is 24.0. The summed E-state index contributed by atoms with van der Waals surface area (Å²) in [6, 6.07) is 12.5. The highest BCUT2D eigenvalue weighted by atomic mass is 16.5. The summed E-state index contributed by atoms with van der Waals surface area (Å²) < 4.78 is 11.7. The Morgan fingerprint density at radius 1 is 1.14 bits per heavy atom. The average molecular weight is 499 g/mol. The van der Waals surface area contributed by atoms with Crippen molar-refractivity contribution in [3.05, 3.63) is 58.3 Å². The molecule has 2 aromatic carbocycles. The molecular formula is C30H34N4O3. The van der Waals surface area contributed by atoms with E-state index in [0.717, 1.165) is 85.8 Å². The molecule has 7 heteroatoms. The van der Waals surface area contributed by atoms with E-state index in [1.54, 1.807) is 6.07 Å². The summed E-state index contributed by atoms with van der Waals surface area (Å²) in [5.41, 5.74) is 5.42. The van der Waals surface area contributed by atoms with Crippen molar-refractivity contribution < 1.29 is 14.3 Å². The minimum atomic E-state index is -0.407. The quantitative estimate of drug-likeness (QED) is 0.566. The molecule has 2 saturated heterocycles. The number of carbonyl (C=O) groups is 1. The van der Waals surface area contributed by atoms with E-state index in [4.69, 9.17) is 9.47 Å². The maximum atomic E-state index is 13.9. The maximum absolute atomic E-state index is 13.9. The summed E-state index contributed by atoms with van der Waals surface area (Å²) in [6.07, 6.45) is 2.22. The molecular weight excluding hydrogens is 464 g/mol. The fourth-order valence-electron chi connectivity index (χ4n) is 6.45. The molecule has 3 aromatic rings. The molecule has 3 heterocycles. The number of anilines is 1. The van der Waals surface area contributed by atoms with E-state index in [9.17, 15) is 10.1 Å². The standard InChI is InChI=1S/C30H34N4O3/c1-4-37-26-16-22-23(17-25(26)34-9-7-20(8-10-34)33-11-13-36-14-12-33)30(2,3)29-27(28(22)35)21-6-5-19(18-31)15-24(21)32-29/h5-6,15-17,20,32H,4,7-14H2,1-3H3. The Balaban J connectivity index is 1.38. The highest BCUT2D eigenvalue weighted by Gasteiger charge is 2.41. The van der Waals surface area contributed by atoms with E-state index in [0.29, 0.717) is 29.3 Å². The minimum Gasteiger partial charge on any atom is -0.492 e. The van der Waals surface area contributed by atoms with Crippen molar-refractivity contribution in [3.63, 3.8) is 0 Å². The van der Waals surface area contributed by atoms with E-state index in [1.807, 2.05) is 25.1 Å². The van der Waals surface area contributed by atoms with Gasteiger partial charge in [0, 0.05) is 59.8 Å². The summed E-state index contributed by atoms with van der Waals surface area (Å²) in [5, 5.41) is 10.2. The smallest absolute Gasteiger partial charge is 0.195 e. The average Bonchev–Trinajstić information content (AvgIpc) is 3.32. The Bertz CT molecular complexity index is 1400. The zero-order valence-corrected chi connectivity index (χ0v) is 21.9. The van der Waals surface area contributed by atoms with Crippen molar-refractivity contribution in [1.82, 2.24) is 9.88 Å². The van der Waals surface area contributed by atoms with Crippen LogP contribution in [0.2, 0.25) is 0 Å². The van der Waals surface area contributed by atoms with Gasteiger partial charge in [0.05, 0.1) is 42.7 Å². The van der Waals surface area contributed by atoms with Gasteiger partial charge in [-0.2, -0.15) is 5.26 Å². The SMILES string of the molecule is CCOc1cc2c(cc1N1CCC(N3CCOCC3)CC1)C(C)(C)c1[nH]c3cc(C#N)ccc3c1C2=O. The molecule has 0 radical (unpaired) electrons. The predicted molar refractivity (Wildman–Crippen MR) is 144 cm³/mol. The predicted octanol–water partition coefficient (Wildman–Crippen LogP) is 4.61. The third-order valence-electron chi connectivity index (χ3n) is 8.46. The van der Waals surface area contributed by atoms with Gasteiger partial charge in [0.25, 0.3) is 0 Å². The van der Waals surface area contributed by atoms with Crippen molar-refractivity contribution in [2.75, 3.05) is 50.9 Å². The molecule has 1 aromatic heterocycles. The molecule has 3 aliphatic rings. The lowest BCUT2D eigenvalue weighted by molar-refractivity contribution is 0.0115. The molecule has 0 saturated carbocycles. The third-order valence-corrected chi connectivity index (χ3v) is 8.46. The normalized spacial score (nSPS) is 19.9. The first-order chi connectivity index (χ1) is 17.9. The molecule has 2 aliphatic heterocycles. The molecule has 0 unspecified atom stereocenters. The van der Waals surface area contributed by atoms with Crippen molar-refractivity contribution >= 4 is 22.4 Å². The topological polar surface area (TPSA) is 81.6 Å². The number of nitrogens with one attached hydrogen (secondary N) is 1. The molecule has 0 spiro atoms. The number of hydrogen-bond donors (Lipinski definition) is 1. The number of ether oxygens (including phenoxy) is 2. The van der Waals surface area contributed by atoms with Gasteiger partial charge in [0.1, 0.15) is 5.75 Å². The second-order valence-corrected chi connectivity index (χ2v) is 10.9. The molecule has 0 atom stereocenters. The van der Waals surface area contributed by atoms with Crippen LogP contribution in [0.15, 0.2) is 30.3 Å². The molecule has 37 heavy (non-hydrogen) atoms. The van der Waals surface area contributed by atoms with Gasteiger partial charge in [-0.3, -0.25) is 9.69 Å². The number of rotatable bonds is 4. The Morgan fingerprint density at radius 2 is 1.89 bits per heavy atom. The summed E-state index contributed by atoms with van der Waals surface area (Å²) in [5.74, 6) is 0.795. The monoisotopic (exact) mass is 498 g/mol. The number of ketones is 1. The van der Waals surface area contributed by atoms with E-state index < -0.39 is 5.41 Å². The Hall–Kier alpha value is -3.34. The van der Waals surface area contributed by atoms with Gasteiger partial charge in [0.15, 0.2) is 5.78 Å². The van der Waals surface area contributed by atoms with Crippen LogP contribution in [0, 0.1) is 11.3 Å². The molecule has 0 amide bonds. The lowest BCUT2D eigenvalue weighted by atomic mass is 9.71. The van der Waals surface area contributed by atoms with Gasteiger partial charge in [-0.25, -0.2) is 0 Å². The Labute approximate surface area is 218 Å². The largest absolute Gasteiger partial charge is 0.492 e. The number of fused-ring (bicyclic) bond motifs is 4. The first-order valence-electron chi connectivity index (χ1n) is 13.4. The van der Waals surface area contributed by atoms with Gasteiger partial charge in [0.2, 0.25) is 0 Å². The number of morpholine rings is 1. The van der Waals surface area contributed by atoms with E-state index in [-0.39, 0.29) is 5.78 Å². The summed E-state index contributed by atoms with van der Waals surface area (Å²) in [6.45, 7) is 12.5. The number of aromatic amines is 1. The summed E-state index contributed by atoms with van der Waals surface area (Å²) in [7, 11) is 0. The molecule has 6 rings (SSSR count). The second-order valence-electron chi connectivity index (χ2n) is 10.9. The molecule has 2 fully saturated rings. The highest BCUT2D eigenvalue weighted by Crippen LogP contribution is 2.47. The van der Waals surface area contributed by atoms with Crippen LogP contribution in [-0.4, -0.2) is 67.7 Å². The fraction of sp³-hybridized carbons (Fsp3) is 0.467.